The van der Waals surface area contributed by atoms with E-state index in [-0.39, 0.29) is 20.4 Å². The Labute approximate surface area is 162 Å². The van der Waals surface area contributed by atoms with Gasteiger partial charge >= 0.3 is 0 Å². The van der Waals surface area contributed by atoms with Crippen molar-refractivity contribution < 1.29 is 20.4 Å². The molecule has 1 unspecified atom stereocenters. The molecule has 1 atom stereocenters. The minimum absolute atomic E-state index is 0. The molecule has 4 heteroatoms. The zero-order chi connectivity index (χ0) is 16.2. The van der Waals surface area contributed by atoms with E-state index in [9.17, 15) is 0 Å². The Morgan fingerprint density at radius 1 is 0.917 bits per heavy atom. The summed E-state index contributed by atoms with van der Waals surface area (Å²) in [4.78, 5) is 4.86. The second-order valence-corrected chi connectivity index (χ2v) is 6.96. The molecule has 0 aliphatic rings. The molecule has 0 saturated heterocycles. The van der Waals surface area contributed by atoms with Crippen LogP contribution in [0.5, 0.6) is 0 Å². The molecule has 2 aromatic carbocycles. The van der Waals surface area contributed by atoms with Crippen molar-refractivity contribution in [3.63, 3.8) is 0 Å². The van der Waals surface area contributed by atoms with Crippen LogP contribution in [0.1, 0.15) is 31.7 Å². The van der Waals surface area contributed by atoms with E-state index >= 15 is 0 Å². The fourth-order valence-corrected chi connectivity index (χ4v) is 3.38. The molecular formula is C20H21N2PdS-. The summed E-state index contributed by atoms with van der Waals surface area (Å²) in [6.07, 6.45) is 0. The van der Waals surface area contributed by atoms with Crippen molar-refractivity contribution in [2.45, 2.75) is 26.7 Å². The third-order valence-corrected chi connectivity index (χ3v) is 5.14. The Morgan fingerprint density at radius 3 is 2.29 bits per heavy atom. The number of nitrogens with zero attached hydrogens (tertiary/aromatic N) is 2. The summed E-state index contributed by atoms with van der Waals surface area (Å²) in [6.45, 7) is 6.72. The van der Waals surface area contributed by atoms with Crippen molar-refractivity contribution in [3.05, 3.63) is 70.3 Å². The summed E-state index contributed by atoms with van der Waals surface area (Å²) in [7, 11) is 0. The first-order valence-corrected chi connectivity index (χ1v) is 8.84. The minimum atomic E-state index is 0. The van der Waals surface area contributed by atoms with E-state index in [1.54, 1.807) is 11.3 Å². The summed E-state index contributed by atoms with van der Waals surface area (Å²) in [5.74, 6) is 1.07. The Balaban J connectivity index is 0.00000208. The number of thiazole rings is 1. The molecule has 1 heterocycles. The first-order chi connectivity index (χ1) is 11.1. The van der Waals surface area contributed by atoms with Crippen molar-refractivity contribution in [1.82, 2.24) is 4.98 Å². The average Bonchev–Trinajstić information content (AvgIpc) is 3.05. The third kappa shape index (κ3) is 4.33. The first kappa shape index (κ1) is 18.9. The van der Waals surface area contributed by atoms with Crippen molar-refractivity contribution in [3.8, 4) is 11.3 Å². The summed E-state index contributed by atoms with van der Waals surface area (Å²) >= 11 is 1.74. The molecular weight excluding hydrogens is 407 g/mol. The number of benzene rings is 2. The average molecular weight is 428 g/mol. The Morgan fingerprint density at radius 2 is 1.58 bits per heavy atom. The SMILES string of the molecule is CC(C)C(C)c1nc(-c2ccccc2[N-]c2ccccc2)cs1.[Pd]. The zero-order valence-corrected chi connectivity index (χ0v) is 16.4. The summed E-state index contributed by atoms with van der Waals surface area (Å²) < 4.78 is 0. The van der Waals surface area contributed by atoms with E-state index in [0.29, 0.717) is 11.8 Å². The largest absolute Gasteiger partial charge is 0.657 e. The van der Waals surface area contributed by atoms with Crippen LogP contribution in [0, 0.1) is 5.92 Å². The van der Waals surface area contributed by atoms with Gasteiger partial charge in [-0.15, -0.1) is 22.7 Å². The number of aromatic nitrogens is 1. The van der Waals surface area contributed by atoms with Gasteiger partial charge in [0.05, 0.1) is 10.7 Å². The second-order valence-electron chi connectivity index (χ2n) is 6.07. The third-order valence-electron chi connectivity index (χ3n) is 4.10. The number of rotatable bonds is 5. The molecule has 0 N–H and O–H groups in total. The predicted molar refractivity (Wildman–Crippen MR) is 99.9 cm³/mol. The van der Waals surface area contributed by atoms with Gasteiger partial charge in [-0.25, -0.2) is 4.98 Å². The van der Waals surface area contributed by atoms with Crippen LogP contribution in [-0.2, 0) is 20.4 Å². The van der Waals surface area contributed by atoms with Gasteiger partial charge in [-0.05, 0) is 11.5 Å². The summed E-state index contributed by atoms with van der Waals surface area (Å²) in [5, 5.41) is 8.12. The number of hydrogen-bond acceptors (Lipinski definition) is 2. The van der Waals surface area contributed by atoms with Crippen LogP contribution in [0.2, 0.25) is 0 Å². The van der Waals surface area contributed by atoms with Crippen LogP contribution >= 0.6 is 11.3 Å². The topological polar surface area (TPSA) is 27.0 Å². The van der Waals surface area contributed by atoms with Gasteiger partial charge in [0, 0.05) is 31.7 Å². The molecule has 0 saturated carbocycles. The van der Waals surface area contributed by atoms with Gasteiger partial charge in [0.2, 0.25) is 0 Å². The molecule has 1 aromatic heterocycles. The van der Waals surface area contributed by atoms with E-state index in [4.69, 9.17) is 10.3 Å². The molecule has 0 radical (unpaired) electrons. The predicted octanol–water partition coefficient (Wildman–Crippen LogP) is 6.90. The molecule has 0 spiro atoms. The van der Waals surface area contributed by atoms with Crippen LogP contribution in [-0.4, -0.2) is 4.98 Å². The standard InChI is InChI=1S/C20H21N2S.Pd/c1-14(2)15(3)20-22-19(13-23-20)17-11-7-8-12-18(17)21-16-9-5-4-6-10-16;/h4-15H,1-3H3;/q-1;. The second kappa shape index (κ2) is 8.58. The summed E-state index contributed by atoms with van der Waals surface area (Å²) in [5.41, 5.74) is 4.04. The van der Waals surface area contributed by atoms with Crippen molar-refractivity contribution in [1.29, 1.82) is 0 Å². The van der Waals surface area contributed by atoms with Crippen molar-refractivity contribution in [2.75, 3.05) is 0 Å². The molecule has 128 valence electrons. The molecule has 2 nitrogen and oxygen atoms in total. The maximum atomic E-state index is 4.86. The van der Waals surface area contributed by atoms with E-state index in [0.717, 1.165) is 22.6 Å². The van der Waals surface area contributed by atoms with E-state index in [1.165, 1.54) is 5.01 Å². The maximum Gasteiger partial charge on any atom is 0.0963 e. The molecule has 3 rings (SSSR count). The minimum Gasteiger partial charge on any atom is -0.657 e. The smallest absolute Gasteiger partial charge is 0.0963 e. The molecule has 0 fully saturated rings. The van der Waals surface area contributed by atoms with E-state index < -0.39 is 0 Å². The van der Waals surface area contributed by atoms with Gasteiger partial charge in [-0.3, -0.25) is 0 Å². The molecule has 24 heavy (non-hydrogen) atoms. The van der Waals surface area contributed by atoms with Crippen LogP contribution in [0.15, 0.2) is 60.0 Å². The van der Waals surface area contributed by atoms with E-state index in [1.807, 2.05) is 48.5 Å². The van der Waals surface area contributed by atoms with Crippen molar-refractivity contribution in [2.24, 2.45) is 5.92 Å². The maximum absolute atomic E-state index is 4.86. The van der Waals surface area contributed by atoms with Gasteiger partial charge in [0.1, 0.15) is 0 Å². The fraction of sp³-hybridized carbons (Fsp3) is 0.250. The van der Waals surface area contributed by atoms with Gasteiger partial charge in [0.25, 0.3) is 0 Å². The fourth-order valence-electron chi connectivity index (χ4n) is 2.33. The van der Waals surface area contributed by atoms with Crippen LogP contribution in [0.3, 0.4) is 0 Å². The Kier molecular flexibility index (Phi) is 6.74. The van der Waals surface area contributed by atoms with Gasteiger partial charge in [-0.1, -0.05) is 75.4 Å². The monoisotopic (exact) mass is 427 g/mol. The normalized spacial score (nSPS) is 11.8. The van der Waals surface area contributed by atoms with Gasteiger partial charge in [-0.2, -0.15) is 0 Å². The molecule has 0 aliphatic heterocycles. The number of hydrogen-bond donors (Lipinski definition) is 0. The molecule has 0 aliphatic carbocycles. The first-order valence-electron chi connectivity index (χ1n) is 7.97. The molecule has 0 bridgehead atoms. The van der Waals surface area contributed by atoms with E-state index in [2.05, 4.69) is 32.2 Å². The zero-order valence-electron chi connectivity index (χ0n) is 14.0. The van der Waals surface area contributed by atoms with Crippen LogP contribution in [0.4, 0.5) is 11.4 Å². The quantitative estimate of drug-likeness (QED) is 0.406. The van der Waals surface area contributed by atoms with Gasteiger partial charge in [0.15, 0.2) is 0 Å². The molecule has 3 aromatic rings. The Hall–Kier alpha value is -1.47. The van der Waals surface area contributed by atoms with Gasteiger partial charge < -0.3 is 5.32 Å². The molecule has 0 amide bonds. The van der Waals surface area contributed by atoms with Crippen LogP contribution < -0.4 is 0 Å². The Bertz CT molecular complexity index is 768. The van der Waals surface area contributed by atoms with Crippen LogP contribution in [0.25, 0.3) is 16.6 Å². The summed E-state index contributed by atoms with van der Waals surface area (Å²) in [6, 6.07) is 18.3. The number of para-hydroxylation sites is 2. The van der Waals surface area contributed by atoms with Crippen molar-refractivity contribution >= 4 is 22.7 Å².